The van der Waals surface area contributed by atoms with Gasteiger partial charge in [0.2, 0.25) is 5.91 Å². The minimum atomic E-state index is -1.36. The van der Waals surface area contributed by atoms with E-state index in [0.717, 1.165) is 28.7 Å². The van der Waals surface area contributed by atoms with Crippen LogP contribution in [0.1, 0.15) is 62.4 Å². The highest BCUT2D eigenvalue weighted by molar-refractivity contribution is 6.16. The van der Waals surface area contributed by atoms with Crippen LogP contribution in [-0.4, -0.2) is 35.0 Å². The van der Waals surface area contributed by atoms with E-state index in [2.05, 4.69) is 5.32 Å². The molecule has 6 nitrogen and oxygen atoms in total. The molecule has 4 unspecified atom stereocenters. The Morgan fingerprint density at radius 2 is 1.65 bits per heavy atom. The zero-order chi connectivity index (χ0) is 29.7. The van der Waals surface area contributed by atoms with E-state index in [1.165, 1.54) is 0 Å². The van der Waals surface area contributed by atoms with Gasteiger partial charge < -0.3 is 15.0 Å². The number of para-hydroxylation sites is 1. The van der Waals surface area contributed by atoms with Gasteiger partial charge in [-0.3, -0.25) is 14.4 Å². The van der Waals surface area contributed by atoms with E-state index in [0.29, 0.717) is 29.2 Å². The summed E-state index contributed by atoms with van der Waals surface area (Å²) in [6.07, 6.45) is 4.70. The lowest BCUT2D eigenvalue weighted by atomic mass is 9.62. The second-order valence-electron chi connectivity index (χ2n) is 11.6. The molecule has 0 aliphatic carbocycles. The van der Waals surface area contributed by atoms with Crippen molar-refractivity contribution in [3.05, 3.63) is 137 Å². The van der Waals surface area contributed by atoms with Gasteiger partial charge in [0.1, 0.15) is 17.2 Å². The fraction of sp³-hybridized carbons (Fsp3) is 0.216. The molecule has 0 saturated carbocycles. The fourth-order valence-corrected chi connectivity index (χ4v) is 7.19. The lowest BCUT2D eigenvalue weighted by molar-refractivity contribution is -0.122. The van der Waals surface area contributed by atoms with Crippen LogP contribution in [0.2, 0.25) is 0 Å². The number of ether oxygens (including phenoxy) is 1. The van der Waals surface area contributed by atoms with Crippen LogP contribution < -0.4 is 10.1 Å². The summed E-state index contributed by atoms with van der Waals surface area (Å²) in [5.74, 6) is -1.17. The van der Waals surface area contributed by atoms with Crippen molar-refractivity contribution < 1.29 is 19.1 Å². The number of rotatable bonds is 7. The Morgan fingerprint density at radius 3 is 2.47 bits per heavy atom. The van der Waals surface area contributed by atoms with Crippen molar-refractivity contribution in [1.82, 2.24) is 4.90 Å². The number of Topliss-reactive ketones (excluding diaryl/α,β-unsaturated/α-hetero) is 2. The van der Waals surface area contributed by atoms with E-state index < -0.39 is 23.4 Å². The number of nitrogens with one attached hydrogen (secondary N) is 1. The largest absolute Gasteiger partial charge is 0.494 e. The molecular formula is C37H32N2O4. The Hall–Kier alpha value is -4.97. The second kappa shape index (κ2) is 10.4. The minimum Gasteiger partial charge on any atom is -0.494 e. The molecule has 1 saturated heterocycles. The van der Waals surface area contributed by atoms with Gasteiger partial charge >= 0.3 is 0 Å². The summed E-state index contributed by atoms with van der Waals surface area (Å²) < 4.78 is 5.88. The molecule has 4 aromatic rings. The number of fused-ring (bicyclic) bond motifs is 6. The van der Waals surface area contributed by atoms with Crippen molar-refractivity contribution in [1.29, 1.82) is 0 Å². The Labute approximate surface area is 251 Å². The van der Waals surface area contributed by atoms with E-state index in [1.807, 2.05) is 110 Å². The molecule has 1 spiro atoms. The average molecular weight is 569 g/mol. The first kappa shape index (κ1) is 26.9. The first-order valence-corrected chi connectivity index (χ1v) is 14.8. The molecular weight excluding hydrogens is 536 g/mol. The van der Waals surface area contributed by atoms with Gasteiger partial charge in [-0.2, -0.15) is 0 Å². The average Bonchev–Trinajstić information content (AvgIpc) is 3.52. The number of anilines is 1. The number of carbonyl (C=O) groups excluding carboxylic acids is 3. The maximum Gasteiger partial charge on any atom is 0.238 e. The highest BCUT2D eigenvalue weighted by atomic mass is 16.5. The van der Waals surface area contributed by atoms with Crippen LogP contribution in [0.3, 0.4) is 0 Å². The van der Waals surface area contributed by atoms with Crippen molar-refractivity contribution in [2.75, 3.05) is 11.9 Å². The summed E-state index contributed by atoms with van der Waals surface area (Å²) in [6.45, 7) is 4.52. The summed E-state index contributed by atoms with van der Waals surface area (Å²) in [5, 5.41) is 3.10. The van der Waals surface area contributed by atoms with Gasteiger partial charge in [0.05, 0.1) is 18.6 Å². The third-order valence-electron chi connectivity index (χ3n) is 9.05. The Bertz CT molecular complexity index is 1790. The minimum absolute atomic E-state index is 0.195. The molecule has 0 radical (unpaired) electrons. The Morgan fingerprint density at radius 1 is 0.884 bits per heavy atom. The summed E-state index contributed by atoms with van der Waals surface area (Å²) >= 11 is 0. The Kier molecular flexibility index (Phi) is 6.50. The fourth-order valence-electron chi connectivity index (χ4n) is 7.19. The van der Waals surface area contributed by atoms with E-state index in [-0.39, 0.29) is 17.5 Å². The quantitative estimate of drug-likeness (QED) is 0.249. The van der Waals surface area contributed by atoms with Crippen LogP contribution in [0, 0.1) is 12.8 Å². The third kappa shape index (κ3) is 4.04. The van der Waals surface area contributed by atoms with Gasteiger partial charge in [0.15, 0.2) is 11.6 Å². The topological polar surface area (TPSA) is 75.7 Å². The van der Waals surface area contributed by atoms with Crippen molar-refractivity contribution >= 4 is 29.2 Å². The number of carbonyl (C=O) groups is 3. The van der Waals surface area contributed by atoms with Crippen LogP contribution in [-0.2, 0) is 10.2 Å². The molecule has 3 aliphatic heterocycles. The molecule has 1 fully saturated rings. The highest BCUT2D eigenvalue weighted by Gasteiger charge is 2.70. The van der Waals surface area contributed by atoms with Crippen molar-refractivity contribution in [2.45, 2.75) is 37.8 Å². The normalized spacial score (nSPS) is 23.0. The van der Waals surface area contributed by atoms with Crippen LogP contribution in [0.15, 0.2) is 103 Å². The molecule has 0 bridgehead atoms. The third-order valence-corrected chi connectivity index (χ3v) is 9.05. The molecule has 0 aromatic heterocycles. The molecule has 214 valence electrons. The molecule has 43 heavy (non-hydrogen) atoms. The van der Waals surface area contributed by atoms with Gasteiger partial charge in [-0.05, 0) is 54.3 Å². The number of hydrogen-bond donors (Lipinski definition) is 1. The number of amides is 1. The first-order chi connectivity index (χ1) is 20.9. The van der Waals surface area contributed by atoms with Crippen LogP contribution in [0.5, 0.6) is 5.75 Å². The maximum atomic E-state index is 15.0. The number of benzene rings is 4. The molecule has 3 aliphatic rings. The number of nitrogens with zero attached hydrogens (tertiary/aromatic N) is 1. The standard InChI is InChI=1S/C37H32N2O4/c1-3-21-43-27-11-8-10-26(22-27)33(40)31-32(34(41)25-17-15-23(2)16-18-25)39-20-19-24-9-4-5-12-28(24)35(39)37(31)29-13-6-7-14-30(29)38-36(37)42/h4-20,22,31-32,35H,3,21H2,1-2H3,(H,38,42). The van der Waals surface area contributed by atoms with Gasteiger partial charge in [-0.25, -0.2) is 0 Å². The van der Waals surface area contributed by atoms with Crippen molar-refractivity contribution in [3.63, 3.8) is 0 Å². The van der Waals surface area contributed by atoms with E-state index in [9.17, 15) is 9.59 Å². The maximum absolute atomic E-state index is 15.0. The lowest BCUT2D eigenvalue weighted by Crippen LogP contribution is -2.49. The van der Waals surface area contributed by atoms with Gasteiger partial charge in [-0.1, -0.05) is 91.3 Å². The summed E-state index contributed by atoms with van der Waals surface area (Å²) in [4.78, 5) is 46.2. The molecule has 3 heterocycles. The van der Waals surface area contributed by atoms with Crippen molar-refractivity contribution in [2.24, 2.45) is 5.92 Å². The monoisotopic (exact) mass is 568 g/mol. The van der Waals surface area contributed by atoms with Gasteiger partial charge in [0.25, 0.3) is 0 Å². The smallest absolute Gasteiger partial charge is 0.238 e. The lowest BCUT2D eigenvalue weighted by Gasteiger charge is -2.38. The summed E-state index contributed by atoms with van der Waals surface area (Å²) in [7, 11) is 0. The number of hydrogen-bond acceptors (Lipinski definition) is 5. The predicted octanol–water partition coefficient (Wildman–Crippen LogP) is 6.77. The second-order valence-corrected chi connectivity index (χ2v) is 11.6. The number of aryl methyl sites for hydroxylation is 1. The molecule has 4 aromatic carbocycles. The summed E-state index contributed by atoms with van der Waals surface area (Å²) in [5.41, 5.74) is 3.86. The van der Waals surface area contributed by atoms with E-state index >= 15 is 4.79 Å². The first-order valence-electron chi connectivity index (χ1n) is 14.8. The van der Waals surface area contributed by atoms with Gasteiger partial charge in [0, 0.05) is 23.0 Å². The van der Waals surface area contributed by atoms with Crippen molar-refractivity contribution in [3.8, 4) is 5.75 Å². The molecule has 1 N–H and O–H groups in total. The highest BCUT2D eigenvalue weighted by Crippen LogP contribution is 2.62. The SMILES string of the molecule is CCCOc1cccc(C(=O)C2C(C(=O)c3ccc(C)cc3)N3C=Cc4ccccc4C3C23C(=O)Nc2ccccc23)c1. The van der Waals surface area contributed by atoms with E-state index in [1.54, 1.807) is 18.2 Å². The molecule has 4 atom stereocenters. The van der Waals surface area contributed by atoms with Crippen LogP contribution in [0.25, 0.3) is 6.08 Å². The molecule has 1 amide bonds. The summed E-state index contributed by atoms with van der Waals surface area (Å²) in [6, 6.07) is 28.5. The van der Waals surface area contributed by atoms with Crippen LogP contribution in [0.4, 0.5) is 5.69 Å². The number of ketones is 2. The zero-order valence-electron chi connectivity index (χ0n) is 24.1. The zero-order valence-corrected chi connectivity index (χ0v) is 24.1. The predicted molar refractivity (Wildman–Crippen MR) is 166 cm³/mol. The Balaban J connectivity index is 1.49. The molecule has 7 rings (SSSR count). The van der Waals surface area contributed by atoms with Gasteiger partial charge in [-0.15, -0.1) is 0 Å². The molecule has 6 heteroatoms. The van der Waals surface area contributed by atoms with E-state index in [4.69, 9.17) is 4.74 Å². The van der Waals surface area contributed by atoms with Crippen LogP contribution >= 0.6 is 0 Å².